The maximum absolute atomic E-state index is 11.8. The van der Waals surface area contributed by atoms with E-state index in [4.69, 9.17) is 4.42 Å². The molecule has 0 amide bonds. The van der Waals surface area contributed by atoms with Crippen molar-refractivity contribution in [3.63, 3.8) is 0 Å². The number of para-hydroxylation sites is 3. The molecule has 0 aliphatic carbocycles. The molecule has 0 unspecified atom stereocenters. The van der Waals surface area contributed by atoms with E-state index in [1.807, 2.05) is 42.5 Å². The standard InChI is InChI=1S/C16H11N3O2/c20-14-9-17-19(13-7-3-1-5-11(13)14)10-16-18-12-6-2-4-8-15(12)21-16/h1-9H,10H2. The monoisotopic (exact) mass is 277 g/mol. The third-order valence-corrected chi connectivity index (χ3v) is 3.39. The average Bonchev–Trinajstić information content (AvgIpc) is 2.93. The van der Waals surface area contributed by atoms with Gasteiger partial charge in [0.05, 0.1) is 11.7 Å². The lowest BCUT2D eigenvalue weighted by molar-refractivity contribution is 0.494. The summed E-state index contributed by atoms with van der Waals surface area (Å²) in [6.45, 7) is 0.384. The zero-order chi connectivity index (χ0) is 14.2. The highest BCUT2D eigenvalue weighted by Crippen LogP contribution is 2.16. The maximum Gasteiger partial charge on any atom is 0.217 e. The highest BCUT2D eigenvalue weighted by molar-refractivity contribution is 5.78. The van der Waals surface area contributed by atoms with Crippen molar-refractivity contribution in [2.24, 2.45) is 0 Å². The fraction of sp³-hybridized carbons (Fsp3) is 0.0625. The molecule has 2 aromatic heterocycles. The first-order valence-corrected chi connectivity index (χ1v) is 6.60. The van der Waals surface area contributed by atoms with Crippen LogP contribution in [-0.4, -0.2) is 14.8 Å². The van der Waals surface area contributed by atoms with E-state index >= 15 is 0 Å². The Kier molecular flexibility index (Phi) is 2.57. The van der Waals surface area contributed by atoms with E-state index in [0.29, 0.717) is 17.8 Å². The van der Waals surface area contributed by atoms with Crippen LogP contribution in [0.25, 0.3) is 22.0 Å². The largest absolute Gasteiger partial charge is 0.439 e. The molecule has 0 N–H and O–H groups in total. The van der Waals surface area contributed by atoms with Crippen LogP contribution < -0.4 is 5.43 Å². The van der Waals surface area contributed by atoms with Gasteiger partial charge in [0.1, 0.15) is 12.1 Å². The summed E-state index contributed by atoms with van der Waals surface area (Å²) >= 11 is 0. The van der Waals surface area contributed by atoms with E-state index in [1.165, 1.54) is 6.20 Å². The maximum atomic E-state index is 11.8. The van der Waals surface area contributed by atoms with Crippen LogP contribution in [0.4, 0.5) is 0 Å². The minimum Gasteiger partial charge on any atom is -0.439 e. The summed E-state index contributed by atoms with van der Waals surface area (Å²) in [5, 5.41) is 4.82. The summed E-state index contributed by atoms with van der Waals surface area (Å²) in [5.41, 5.74) is 2.25. The number of oxazole rings is 1. The Morgan fingerprint density at radius 2 is 1.86 bits per heavy atom. The number of hydrogen-bond donors (Lipinski definition) is 0. The minimum absolute atomic E-state index is 0.0839. The highest BCUT2D eigenvalue weighted by Gasteiger charge is 2.08. The molecule has 102 valence electrons. The Morgan fingerprint density at radius 1 is 1.05 bits per heavy atom. The van der Waals surface area contributed by atoms with Crippen molar-refractivity contribution in [1.82, 2.24) is 14.8 Å². The van der Waals surface area contributed by atoms with E-state index in [1.54, 1.807) is 10.7 Å². The second kappa shape index (κ2) is 4.56. The van der Waals surface area contributed by atoms with Gasteiger partial charge in [-0.25, -0.2) is 4.98 Å². The van der Waals surface area contributed by atoms with Crippen molar-refractivity contribution in [2.75, 3.05) is 0 Å². The Balaban J connectivity index is 1.84. The van der Waals surface area contributed by atoms with Gasteiger partial charge < -0.3 is 4.42 Å². The van der Waals surface area contributed by atoms with Gasteiger partial charge in [-0.05, 0) is 24.3 Å². The van der Waals surface area contributed by atoms with Crippen molar-refractivity contribution in [1.29, 1.82) is 0 Å². The van der Waals surface area contributed by atoms with E-state index in [-0.39, 0.29) is 5.43 Å². The third kappa shape index (κ3) is 1.99. The van der Waals surface area contributed by atoms with Crippen LogP contribution >= 0.6 is 0 Å². The Bertz CT molecular complexity index is 968. The predicted octanol–water partition coefficient (Wildman–Crippen LogP) is 2.59. The molecule has 0 saturated heterocycles. The number of fused-ring (bicyclic) bond motifs is 2. The summed E-state index contributed by atoms with van der Waals surface area (Å²) < 4.78 is 7.42. The first-order chi connectivity index (χ1) is 10.3. The lowest BCUT2D eigenvalue weighted by Crippen LogP contribution is -2.13. The van der Waals surface area contributed by atoms with Crippen LogP contribution in [0, 0.1) is 0 Å². The van der Waals surface area contributed by atoms with Gasteiger partial charge in [0.25, 0.3) is 0 Å². The first-order valence-electron chi connectivity index (χ1n) is 6.60. The van der Waals surface area contributed by atoms with Crippen LogP contribution in [0.3, 0.4) is 0 Å². The Hall–Kier alpha value is -2.95. The smallest absolute Gasteiger partial charge is 0.217 e. The van der Waals surface area contributed by atoms with Gasteiger partial charge in [-0.2, -0.15) is 5.10 Å². The summed E-state index contributed by atoms with van der Waals surface area (Å²) in [6.07, 6.45) is 1.32. The van der Waals surface area contributed by atoms with Crippen LogP contribution in [0.15, 0.2) is 63.9 Å². The molecular weight excluding hydrogens is 266 g/mol. The zero-order valence-electron chi connectivity index (χ0n) is 11.1. The summed E-state index contributed by atoms with van der Waals surface area (Å²) in [6, 6.07) is 15.0. The molecule has 21 heavy (non-hydrogen) atoms. The normalized spacial score (nSPS) is 11.2. The summed E-state index contributed by atoms with van der Waals surface area (Å²) in [4.78, 5) is 16.2. The van der Waals surface area contributed by atoms with Crippen molar-refractivity contribution in [3.05, 3.63) is 70.8 Å². The Labute approximate surface area is 119 Å². The fourth-order valence-electron chi connectivity index (χ4n) is 2.40. The van der Waals surface area contributed by atoms with Crippen LogP contribution in [0.2, 0.25) is 0 Å². The average molecular weight is 277 g/mol. The quantitative estimate of drug-likeness (QED) is 0.565. The van der Waals surface area contributed by atoms with Crippen molar-refractivity contribution >= 4 is 22.0 Å². The molecule has 4 rings (SSSR count). The number of aromatic nitrogens is 3. The molecular formula is C16H11N3O2. The van der Waals surface area contributed by atoms with Crippen molar-refractivity contribution in [2.45, 2.75) is 6.54 Å². The van der Waals surface area contributed by atoms with Gasteiger partial charge in [-0.1, -0.05) is 24.3 Å². The van der Waals surface area contributed by atoms with Crippen LogP contribution in [0.5, 0.6) is 0 Å². The molecule has 5 heteroatoms. The van der Waals surface area contributed by atoms with E-state index < -0.39 is 0 Å². The molecule has 0 bridgehead atoms. The first kappa shape index (κ1) is 11.8. The van der Waals surface area contributed by atoms with Crippen LogP contribution in [-0.2, 0) is 6.54 Å². The number of hydrogen-bond acceptors (Lipinski definition) is 4. The number of rotatable bonds is 2. The van der Waals surface area contributed by atoms with Gasteiger partial charge >= 0.3 is 0 Å². The highest BCUT2D eigenvalue weighted by atomic mass is 16.3. The van der Waals surface area contributed by atoms with E-state index in [2.05, 4.69) is 10.1 Å². The molecule has 0 fully saturated rings. The van der Waals surface area contributed by atoms with E-state index in [9.17, 15) is 4.79 Å². The van der Waals surface area contributed by atoms with Crippen LogP contribution in [0.1, 0.15) is 5.89 Å². The van der Waals surface area contributed by atoms with Gasteiger partial charge in [-0.15, -0.1) is 0 Å². The lowest BCUT2D eigenvalue weighted by Gasteiger charge is -2.06. The molecule has 5 nitrogen and oxygen atoms in total. The minimum atomic E-state index is -0.0839. The molecule has 0 spiro atoms. The van der Waals surface area contributed by atoms with Gasteiger partial charge in [-0.3, -0.25) is 9.48 Å². The molecule has 4 aromatic rings. The molecule has 0 aliphatic heterocycles. The molecule has 2 aromatic carbocycles. The van der Waals surface area contributed by atoms with Gasteiger partial charge in [0.2, 0.25) is 11.3 Å². The molecule has 0 radical (unpaired) electrons. The molecule has 2 heterocycles. The van der Waals surface area contributed by atoms with Crippen molar-refractivity contribution < 1.29 is 4.42 Å². The van der Waals surface area contributed by atoms with Crippen molar-refractivity contribution in [3.8, 4) is 0 Å². The van der Waals surface area contributed by atoms with E-state index in [0.717, 1.165) is 16.6 Å². The topological polar surface area (TPSA) is 60.9 Å². The van der Waals surface area contributed by atoms with Gasteiger partial charge in [0.15, 0.2) is 5.58 Å². The third-order valence-electron chi connectivity index (χ3n) is 3.39. The predicted molar refractivity (Wildman–Crippen MR) is 79.1 cm³/mol. The SMILES string of the molecule is O=c1cnn(Cc2nc3ccccc3o2)c2ccccc12. The van der Waals surface area contributed by atoms with Gasteiger partial charge in [0, 0.05) is 5.39 Å². The second-order valence-electron chi connectivity index (χ2n) is 4.76. The molecule has 0 aliphatic rings. The Morgan fingerprint density at radius 3 is 2.76 bits per heavy atom. The lowest BCUT2D eigenvalue weighted by atomic mass is 10.2. The number of benzene rings is 2. The zero-order valence-corrected chi connectivity index (χ0v) is 11.1. The molecule has 0 atom stereocenters. The summed E-state index contributed by atoms with van der Waals surface area (Å²) in [5.74, 6) is 0.567. The number of nitrogens with zero attached hydrogens (tertiary/aromatic N) is 3. The molecule has 0 saturated carbocycles. The second-order valence-corrected chi connectivity index (χ2v) is 4.76. The summed E-state index contributed by atoms with van der Waals surface area (Å²) in [7, 11) is 0. The fourth-order valence-corrected chi connectivity index (χ4v) is 2.40.